The normalized spacial score (nSPS) is 14.1. The first-order chi connectivity index (χ1) is 47.1. The van der Waals surface area contributed by atoms with Gasteiger partial charge in [0.15, 0.2) is 12.2 Å². The van der Waals surface area contributed by atoms with Gasteiger partial charge in [-0.1, -0.05) is 351 Å². The Labute approximate surface area is 600 Å². The number of phosphoric acid groups is 2. The Morgan fingerprint density at radius 2 is 0.429 bits per heavy atom. The smallest absolute Gasteiger partial charge is 0.462 e. The molecule has 0 aliphatic carbocycles. The maximum Gasteiger partial charge on any atom is 0.472 e. The van der Waals surface area contributed by atoms with E-state index in [1.807, 2.05) is 0 Å². The summed E-state index contributed by atoms with van der Waals surface area (Å²) in [4.78, 5) is 72.9. The largest absolute Gasteiger partial charge is 0.472 e. The highest BCUT2D eigenvalue weighted by molar-refractivity contribution is 7.47. The Bertz CT molecular complexity index is 1920. The van der Waals surface area contributed by atoms with E-state index in [1.165, 1.54) is 199 Å². The molecule has 0 aliphatic heterocycles. The quantitative estimate of drug-likeness (QED) is 0.0222. The van der Waals surface area contributed by atoms with Gasteiger partial charge in [-0.2, -0.15) is 0 Å². The number of phosphoric ester groups is 2. The third kappa shape index (κ3) is 72.4. The summed E-state index contributed by atoms with van der Waals surface area (Å²) in [5.41, 5.74) is 0. The van der Waals surface area contributed by atoms with Crippen LogP contribution in [0.1, 0.15) is 402 Å². The lowest BCUT2D eigenvalue weighted by Gasteiger charge is -2.21. The van der Waals surface area contributed by atoms with Crippen molar-refractivity contribution in [2.45, 2.75) is 420 Å². The molecule has 0 fully saturated rings. The van der Waals surface area contributed by atoms with Crippen LogP contribution in [0.2, 0.25) is 0 Å². The van der Waals surface area contributed by atoms with Crippen LogP contribution in [0.4, 0.5) is 0 Å². The van der Waals surface area contributed by atoms with E-state index in [0.717, 1.165) is 114 Å². The van der Waals surface area contributed by atoms with E-state index in [2.05, 4.69) is 55.4 Å². The summed E-state index contributed by atoms with van der Waals surface area (Å²) < 4.78 is 68.6. The second-order valence-electron chi connectivity index (χ2n) is 30.4. The lowest BCUT2D eigenvalue weighted by atomic mass is 10.0. The first-order valence-electron chi connectivity index (χ1n) is 40.7. The molecule has 0 aromatic heterocycles. The van der Waals surface area contributed by atoms with Crippen LogP contribution in [0.15, 0.2) is 0 Å². The monoisotopic (exact) mass is 1440 g/mol. The van der Waals surface area contributed by atoms with Crippen LogP contribution in [0.3, 0.4) is 0 Å². The Morgan fingerprint density at radius 1 is 0.255 bits per heavy atom. The zero-order valence-corrected chi connectivity index (χ0v) is 66.2. The molecule has 0 bridgehead atoms. The van der Waals surface area contributed by atoms with E-state index in [1.54, 1.807) is 0 Å². The molecular weight excluding hydrogens is 1280 g/mol. The summed E-state index contributed by atoms with van der Waals surface area (Å²) in [5.74, 6) is 0.933. The molecular formula is C79H154O17P2. The average molecular weight is 1440 g/mol. The SMILES string of the molecule is CC(C)CCCCCCCCCCCCCCCCC(=O)OC[C@H](COP(=O)(O)OCC(O)COP(=O)(O)OC[C@@H](COC(=O)CCCCCCCCC(C)C)OC(=O)CCCCCCCCCCCCCCCCC(C)C)OC(=O)CCCCCCCCCCCCCCC(C)C. The first kappa shape index (κ1) is 96.1. The van der Waals surface area contributed by atoms with Gasteiger partial charge < -0.3 is 33.8 Å². The molecule has 98 heavy (non-hydrogen) atoms. The molecule has 3 N–H and O–H groups in total. The van der Waals surface area contributed by atoms with Crippen LogP contribution < -0.4 is 0 Å². The minimum absolute atomic E-state index is 0.106. The van der Waals surface area contributed by atoms with Crippen molar-refractivity contribution in [1.82, 2.24) is 0 Å². The Kier molecular flexibility index (Phi) is 66.8. The standard InChI is InChI=1S/C79H154O17P2/c1-69(2)55-47-39-31-25-19-13-9-11-15-22-28-34-43-51-59-76(81)89-65-74(95-78(83)62-54-46-36-30-24-18-17-21-27-33-41-49-57-71(5)6)67-93-97(85,86)91-63-73(80)64-92-98(87,88)94-68-75(66-90-77(82)60-52-44-38-37-42-50-58-72(7)8)96-79(84)61-53-45-35-29-23-16-12-10-14-20-26-32-40-48-56-70(3)4/h69-75,80H,9-68H2,1-8H3,(H,85,86)(H,87,88)/t73?,74-,75-/m1/s1. The molecule has 0 aromatic rings. The van der Waals surface area contributed by atoms with Gasteiger partial charge in [0.05, 0.1) is 26.4 Å². The highest BCUT2D eigenvalue weighted by Gasteiger charge is 2.30. The summed E-state index contributed by atoms with van der Waals surface area (Å²) in [7, 11) is -9.92. The molecule has 0 aliphatic rings. The number of hydrogen-bond acceptors (Lipinski definition) is 15. The number of aliphatic hydroxyl groups excluding tert-OH is 1. The number of carbonyl (C=O) groups excluding carboxylic acids is 4. The highest BCUT2D eigenvalue weighted by Crippen LogP contribution is 2.45. The van der Waals surface area contributed by atoms with Crippen LogP contribution in [0.25, 0.3) is 0 Å². The predicted octanol–water partition coefficient (Wildman–Crippen LogP) is 23.2. The van der Waals surface area contributed by atoms with Crippen LogP contribution in [-0.4, -0.2) is 96.7 Å². The summed E-state index contributed by atoms with van der Waals surface area (Å²) >= 11 is 0. The minimum atomic E-state index is -4.96. The van der Waals surface area contributed by atoms with Gasteiger partial charge in [0, 0.05) is 25.7 Å². The molecule has 0 saturated heterocycles. The van der Waals surface area contributed by atoms with E-state index in [9.17, 15) is 43.2 Å². The summed E-state index contributed by atoms with van der Waals surface area (Å²) in [5, 5.41) is 10.6. The van der Waals surface area contributed by atoms with E-state index in [4.69, 9.17) is 37.0 Å². The van der Waals surface area contributed by atoms with Gasteiger partial charge in [-0.25, -0.2) is 9.13 Å². The van der Waals surface area contributed by atoms with Crippen molar-refractivity contribution in [3.8, 4) is 0 Å². The second-order valence-corrected chi connectivity index (χ2v) is 33.3. The van der Waals surface area contributed by atoms with Gasteiger partial charge in [-0.3, -0.25) is 37.3 Å². The van der Waals surface area contributed by atoms with Crippen molar-refractivity contribution in [1.29, 1.82) is 0 Å². The van der Waals surface area contributed by atoms with Crippen LogP contribution in [-0.2, 0) is 65.4 Å². The van der Waals surface area contributed by atoms with Gasteiger partial charge in [0.2, 0.25) is 0 Å². The highest BCUT2D eigenvalue weighted by atomic mass is 31.2. The molecule has 582 valence electrons. The second kappa shape index (κ2) is 68.2. The fourth-order valence-corrected chi connectivity index (χ4v) is 13.7. The molecule has 0 amide bonds. The van der Waals surface area contributed by atoms with Gasteiger partial charge >= 0.3 is 39.5 Å². The van der Waals surface area contributed by atoms with Gasteiger partial charge in [-0.05, 0) is 49.4 Å². The number of esters is 4. The van der Waals surface area contributed by atoms with Crippen LogP contribution in [0.5, 0.6) is 0 Å². The molecule has 0 aromatic carbocycles. The molecule has 0 saturated carbocycles. The third-order valence-corrected chi connectivity index (χ3v) is 20.2. The number of hydrogen-bond donors (Lipinski definition) is 3. The Morgan fingerprint density at radius 3 is 0.633 bits per heavy atom. The molecule has 0 spiro atoms. The molecule has 5 atom stereocenters. The average Bonchev–Trinajstić information content (AvgIpc) is 0.971. The van der Waals surface area contributed by atoms with Crippen molar-refractivity contribution in [2.75, 3.05) is 39.6 Å². The van der Waals surface area contributed by atoms with E-state index in [0.29, 0.717) is 31.6 Å². The van der Waals surface area contributed by atoms with Gasteiger partial charge in [-0.15, -0.1) is 0 Å². The Hall–Kier alpha value is -1.94. The molecule has 3 unspecified atom stereocenters. The number of unbranched alkanes of at least 4 members (excludes halogenated alkanes) is 42. The minimum Gasteiger partial charge on any atom is -0.462 e. The van der Waals surface area contributed by atoms with Crippen molar-refractivity contribution in [2.24, 2.45) is 23.7 Å². The van der Waals surface area contributed by atoms with Crippen LogP contribution in [0, 0.1) is 23.7 Å². The zero-order valence-electron chi connectivity index (χ0n) is 64.4. The topological polar surface area (TPSA) is 237 Å². The maximum absolute atomic E-state index is 13.1. The predicted molar refractivity (Wildman–Crippen MR) is 400 cm³/mol. The van der Waals surface area contributed by atoms with E-state index < -0.39 is 97.5 Å². The van der Waals surface area contributed by atoms with E-state index >= 15 is 0 Å². The number of carbonyl (C=O) groups is 4. The fraction of sp³-hybridized carbons (Fsp3) is 0.949. The first-order valence-corrected chi connectivity index (χ1v) is 43.7. The van der Waals surface area contributed by atoms with Crippen molar-refractivity contribution in [3.05, 3.63) is 0 Å². The molecule has 17 nitrogen and oxygen atoms in total. The Balaban J connectivity index is 5.23. The molecule has 0 radical (unpaired) electrons. The molecule has 0 heterocycles. The molecule has 0 rings (SSSR count). The maximum atomic E-state index is 13.1. The van der Waals surface area contributed by atoms with Crippen molar-refractivity contribution >= 4 is 39.5 Å². The van der Waals surface area contributed by atoms with Crippen molar-refractivity contribution < 1.29 is 80.2 Å². The van der Waals surface area contributed by atoms with Crippen LogP contribution >= 0.6 is 15.6 Å². The summed E-state index contributed by atoms with van der Waals surface area (Å²) in [6.07, 6.45) is 54.2. The van der Waals surface area contributed by atoms with Gasteiger partial charge in [0.25, 0.3) is 0 Å². The molecule has 19 heteroatoms. The number of rotatable bonds is 76. The number of aliphatic hydroxyl groups is 1. The lowest BCUT2D eigenvalue weighted by molar-refractivity contribution is -0.161. The number of ether oxygens (including phenoxy) is 4. The summed E-state index contributed by atoms with van der Waals surface area (Å²) in [6, 6.07) is 0. The van der Waals surface area contributed by atoms with Gasteiger partial charge in [0.1, 0.15) is 19.3 Å². The summed E-state index contributed by atoms with van der Waals surface area (Å²) in [6.45, 7) is 14.2. The fourth-order valence-electron chi connectivity index (χ4n) is 12.1. The van der Waals surface area contributed by atoms with Crippen molar-refractivity contribution in [3.63, 3.8) is 0 Å². The lowest BCUT2D eigenvalue weighted by Crippen LogP contribution is -2.30. The van der Waals surface area contributed by atoms with E-state index in [-0.39, 0.29) is 25.7 Å². The zero-order chi connectivity index (χ0) is 72.4. The third-order valence-electron chi connectivity index (χ3n) is 18.3.